The van der Waals surface area contributed by atoms with Crippen LogP contribution < -0.4 is 5.32 Å². The van der Waals surface area contributed by atoms with Gasteiger partial charge in [-0.3, -0.25) is 0 Å². The molecule has 1 nitrogen and oxygen atoms in total. The van der Waals surface area contributed by atoms with Crippen molar-refractivity contribution in [2.45, 2.75) is 18.9 Å². The summed E-state index contributed by atoms with van der Waals surface area (Å²) in [6.45, 7) is 0. The van der Waals surface area contributed by atoms with Crippen LogP contribution in [0.4, 0.5) is 14.5 Å². The van der Waals surface area contributed by atoms with Gasteiger partial charge in [0, 0.05) is 10.2 Å². The molecule has 0 saturated heterocycles. The molecule has 0 fully saturated rings. The van der Waals surface area contributed by atoms with Gasteiger partial charge < -0.3 is 5.32 Å². The SMILES string of the molecule is Fc1ccc(NC2CCc3c(F)cccc32)c(Br)c1. The van der Waals surface area contributed by atoms with E-state index >= 15 is 0 Å². The van der Waals surface area contributed by atoms with Crippen LogP contribution in [0.5, 0.6) is 0 Å². The molecule has 0 heterocycles. The number of rotatable bonds is 2. The van der Waals surface area contributed by atoms with Crippen molar-refractivity contribution in [3.05, 3.63) is 63.6 Å². The van der Waals surface area contributed by atoms with Crippen LogP contribution in [0.15, 0.2) is 40.9 Å². The van der Waals surface area contributed by atoms with Gasteiger partial charge >= 0.3 is 0 Å². The molecule has 1 N–H and O–H groups in total. The number of benzene rings is 2. The van der Waals surface area contributed by atoms with Gasteiger partial charge in [0.1, 0.15) is 11.6 Å². The lowest BCUT2D eigenvalue weighted by atomic mass is 10.1. The molecule has 1 aliphatic rings. The zero-order chi connectivity index (χ0) is 13.4. The molecule has 0 bridgehead atoms. The van der Waals surface area contributed by atoms with Gasteiger partial charge in [0.2, 0.25) is 0 Å². The quantitative estimate of drug-likeness (QED) is 0.834. The molecular formula is C15H12BrF2N. The average molecular weight is 324 g/mol. The van der Waals surface area contributed by atoms with Crippen molar-refractivity contribution >= 4 is 21.6 Å². The van der Waals surface area contributed by atoms with Gasteiger partial charge in [-0.2, -0.15) is 0 Å². The number of hydrogen-bond acceptors (Lipinski definition) is 1. The summed E-state index contributed by atoms with van der Waals surface area (Å²) in [5.74, 6) is -0.421. The van der Waals surface area contributed by atoms with Crippen molar-refractivity contribution in [3.63, 3.8) is 0 Å². The first-order chi connectivity index (χ1) is 9.15. The number of anilines is 1. The molecule has 2 aromatic rings. The van der Waals surface area contributed by atoms with Crippen LogP contribution in [-0.2, 0) is 6.42 Å². The van der Waals surface area contributed by atoms with Crippen molar-refractivity contribution in [2.75, 3.05) is 5.32 Å². The van der Waals surface area contributed by atoms with Crippen LogP contribution in [0.3, 0.4) is 0 Å². The lowest BCUT2D eigenvalue weighted by Crippen LogP contribution is -2.07. The van der Waals surface area contributed by atoms with Crippen LogP contribution in [0.1, 0.15) is 23.6 Å². The Kier molecular flexibility index (Phi) is 3.27. The molecule has 98 valence electrons. The van der Waals surface area contributed by atoms with Crippen molar-refractivity contribution in [1.29, 1.82) is 0 Å². The summed E-state index contributed by atoms with van der Waals surface area (Å²) >= 11 is 3.33. The van der Waals surface area contributed by atoms with Crippen LogP contribution in [0.25, 0.3) is 0 Å². The Labute approximate surface area is 118 Å². The van der Waals surface area contributed by atoms with Gasteiger partial charge in [-0.25, -0.2) is 8.78 Å². The fraction of sp³-hybridized carbons (Fsp3) is 0.200. The summed E-state index contributed by atoms with van der Waals surface area (Å²) < 4.78 is 27.4. The molecule has 2 aromatic carbocycles. The van der Waals surface area contributed by atoms with Gasteiger partial charge in [0.15, 0.2) is 0 Å². The Bertz CT molecular complexity index is 628. The molecule has 0 spiro atoms. The van der Waals surface area contributed by atoms with Gasteiger partial charge in [-0.05, 0) is 64.2 Å². The van der Waals surface area contributed by atoms with Crippen molar-refractivity contribution < 1.29 is 8.78 Å². The lowest BCUT2D eigenvalue weighted by molar-refractivity contribution is 0.612. The van der Waals surface area contributed by atoms with Gasteiger partial charge in [0.05, 0.1) is 6.04 Å². The van der Waals surface area contributed by atoms with Gasteiger partial charge in [0.25, 0.3) is 0 Å². The third kappa shape index (κ3) is 2.37. The Morgan fingerprint density at radius 2 is 2.00 bits per heavy atom. The summed E-state index contributed by atoms with van der Waals surface area (Å²) in [7, 11) is 0. The van der Waals surface area contributed by atoms with E-state index in [1.807, 2.05) is 6.07 Å². The van der Waals surface area contributed by atoms with E-state index in [1.165, 1.54) is 18.2 Å². The normalized spacial score (nSPS) is 17.3. The van der Waals surface area contributed by atoms with Crippen LogP contribution in [0, 0.1) is 11.6 Å². The van der Waals surface area contributed by atoms with Crippen LogP contribution in [-0.4, -0.2) is 0 Å². The molecule has 1 aliphatic carbocycles. The molecule has 0 radical (unpaired) electrons. The Balaban J connectivity index is 1.89. The van der Waals surface area contributed by atoms with E-state index in [4.69, 9.17) is 0 Å². The predicted octanol–water partition coefficient (Wildman–Crippen LogP) is 4.83. The molecule has 19 heavy (non-hydrogen) atoms. The maximum Gasteiger partial charge on any atom is 0.126 e. The first-order valence-corrected chi connectivity index (χ1v) is 6.93. The highest BCUT2D eigenvalue weighted by Gasteiger charge is 2.25. The second-order valence-electron chi connectivity index (χ2n) is 4.67. The maximum absolute atomic E-state index is 13.6. The predicted molar refractivity (Wildman–Crippen MR) is 75.2 cm³/mol. The van der Waals surface area contributed by atoms with Crippen molar-refractivity contribution in [1.82, 2.24) is 0 Å². The highest BCUT2D eigenvalue weighted by Crippen LogP contribution is 2.36. The van der Waals surface area contributed by atoms with E-state index in [2.05, 4.69) is 21.2 Å². The van der Waals surface area contributed by atoms with E-state index in [0.29, 0.717) is 4.47 Å². The highest BCUT2D eigenvalue weighted by atomic mass is 79.9. The minimum absolute atomic E-state index is 0.0764. The second kappa shape index (κ2) is 4.93. The minimum Gasteiger partial charge on any atom is -0.377 e. The molecule has 0 aliphatic heterocycles. The molecule has 0 saturated carbocycles. The van der Waals surface area contributed by atoms with E-state index in [-0.39, 0.29) is 17.7 Å². The summed E-state index contributed by atoms with van der Waals surface area (Å²) in [4.78, 5) is 0. The van der Waals surface area contributed by atoms with Crippen LogP contribution in [0.2, 0.25) is 0 Å². The number of halogens is 3. The summed E-state index contributed by atoms with van der Waals surface area (Å²) in [5.41, 5.74) is 2.61. The molecular weight excluding hydrogens is 312 g/mol. The zero-order valence-corrected chi connectivity index (χ0v) is 11.7. The molecule has 4 heteroatoms. The van der Waals surface area contributed by atoms with Gasteiger partial charge in [-0.15, -0.1) is 0 Å². The average Bonchev–Trinajstić information content (AvgIpc) is 2.78. The molecule has 0 amide bonds. The third-order valence-electron chi connectivity index (χ3n) is 3.47. The van der Waals surface area contributed by atoms with E-state index < -0.39 is 0 Å². The maximum atomic E-state index is 13.6. The van der Waals surface area contributed by atoms with E-state index in [9.17, 15) is 8.78 Å². The zero-order valence-electron chi connectivity index (χ0n) is 10.1. The number of fused-ring (bicyclic) bond motifs is 1. The summed E-state index contributed by atoms with van der Waals surface area (Å²) in [5, 5.41) is 3.34. The monoisotopic (exact) mass is 323 g/mol. The molecule has 3 rings (SSSR count). The Morgan fingerprint density at radius 3 is 2.79 bits per heavy atom. The fourth-order valence-corrected chi connectivity index (χ4v) is 3.02. The standard InChI is InChI=1S/C15H12BrF2N/c16-12-8-9(17)4-6-15(12)19-14-7-5-10-11(14)2-1-3-13(10)18/h1-4,6,8,14,19H,5,7H2. The molecule has 1 unspecified atom stereocenters. The molecule has 0 aromatic heterocycles. The third-order valence-corrected chi connectivity index (χ3v) is 4.13. The second-order valence-corrected chi connectivity index (χ2v) is 5.52. The number of nitrogens with one attached hydrogen (secondary N) is 1. The van der Waals surface area contributed by atoms with Crippen molar-refractivity contribution in [2.24, 2.45) is 0 Å². The summed E-state index contributed by atoms with van der Waals surface area (Å²) in [6, 6.07) is 9.77. The largest absolute Gasteiger partial charge is 0.377 e. The minimum atomic E-state index is -0.282. The molecule has 1 atom stereocenters. The lowest BCUT2D eigenvalue weighted by Gasteiger charge is -2.16. The number of hydrogen-bond donors (Lipinski definition) is 1. The topological polar surface area (TPSA) is 12.0 Å². The van der Waals surface area contributed by atoms with Crippen LogP contribution >= 0.6 is 15.9 Å². The Hall–Kier alpha value is -1.42. The van der Waals surface area contributed by atoms with E-state index in [0.717, 1.165) is 29.7 Å². The smallest absolute Gasteiger partial charge is 0.126 e. The Morgan fingerprint density at radius 1 is 1.16 bits per heavy atom. The van der Waals surface area contributed by atoms with E-state index in [1.54, 1.807) is 12.1 Å². The first-order valence-electron chi connectivity index (χ1n) is 6.14. The first kappa shape index (κ1) is 12.6. The summed E-state index contributed by atoms with van der Waals surface area (Å²) in [6.07, 6.45) is 1.58. The highest BCUT2D eigenvalue weighted by molar-refractivity contribution is 9.10. The fourth-order valence-electron chi connectivity index (χ4n) is 2.55. The van der Waals surface area contributed by atoms with Gasteiger partial charge in [-0.1, -0.05) is 12.1 Å². The van der Waals surface area contributed by atoms with Crippen molar-refractivity contribution in [3.8, 4) is 0 Å².